The minimum atomic E-state index is -1.46. The molecule has 0 aliphatic carbocycles. The van der Waals surface area contributed by atoms with Crippen molar-refractivity contribution in [3.63, 3.8) is 0 Å². The van der Waals surface area contributed by atoms with Crippen LogP contribution in [0, 0.1) is 0 Å². The second-order valence-electron chi connectivity index (χ2n) is 16.1. The summed E-state index contributed by atoms with van der Waals surface area (Å²) in [5.41, 5.74) is 2.28. The van der Waals surface area contributed by atoms with Crippen molar-refractivity contribution in [2.45, 2.75) is 68.6 Å². The Hall–Kier alpha value is -6.74. The second kappa shape index (κ2) is 20.0. The summed E-state index contributed by atoms with van der Waals surface area (Å²) in [5.74, 6) is -3.49. The second-order valence-corrected chi connectivity index (χ2v) is 18.2. The van der Waals surface area contributed by atoms with E-state index in [-0.39, 0.29) is 48.9 Å². The van der Waals surface area contributed by atoms with Crippen LogP contribution in [0.25, 0.3) is 0 Å². The number of thioether (sulfide) groups is 2. The summed E-state index contributed by atoms with van der Waals surface area (Å²) in [7, 11) is 1.69. The van der Waals surface area contributed by atoms with Crippen LogP contribution in [0.4, 0.5) is 9.59 Å². The van der Waals surface area contributed by atoms with Gasteiger partial charge < -0.3 is 30.3 Å². The number of aryl methyl sites for hydroxylation is 1. The molecule has 21 heteroatoms. The molecule has 3 aliphatic rings. The van der Waals surface area contributed by atoms with Gasteiger partial charge in [0.1, 0.15) is 28.8 Å². The number of urea groups is 1. The Morgan fingerprint density at radius 1 is 0.892 bits per heavy atom. The summed E-state index contributed by atoms with van der Waals surface area (Å²) >= 11 is 2.62. The van der Waals surface area contributed by atoms with E-state index in [2.05, 4.69) is 31.5 Å². The highest BCUT2D eigenvalue weighted by atomic mass is 32.2. The number of tetrazole rings is 1. The van der Waals surface area contributed by atoms with E-state index in [4.69, 9.17) is 9.47 Å². The van der Waals surface area contributed by atoms with Gasteiger partial charge in [-0.2, -0.15) is 0 Å². The number of piperazine rings is 1. The highest BCUT2D eigenvalue weighted by Gasteiger charge is 2.55. The zero-order valence-corrected chi connectivity index (χ0v) is 37.9. The number of benzene rings is 3. The number of nitrogens with one attached hydrogen (secondary N) is 3. The molecule has 4 heterocycles. The van der Waals surface area contributed by atoms with E-state index in [1.807, 2.05) is 60.7 Å². The molecule has 3 aliphatic heterocycles. The van der Waals surface area contributed by atoms with Crippen LogP contribution >= 0.6 is 23.5 Å². The number of imide groups is 1. The van der Waals surface area contributed by atoms with Gasteiger partial charge in [0.15, 0.2) is 6.10 Å². The summed E-state index contributed by atoms with van der Waals surface area (Å²) in [6.07, 6.45) is -1.44. The minimum Gasteiger partial charge on any atom is -0.448 e. The Bertz CT molecular complexity index is 2440. The highest BCUT2D eigenvalue weighted by Crippen LogP contribution is 2.43. The van der Waals surface area contributed by atoms with Gasteiger partial charge in [-0.25, -0.2) is 19.1 Å². The minimum absolute atomic E-state index is 0.0403. The van der Waals surface area contributed by atoms with Crippen molar-refractivity contribution in [1.82, 2.24) is 50.9 Å². The smallest absolute Gasteiger partial charge is 0.407 e. The first-order valence-corrected chi connectivity index (χ1v) is 22.8. The topological polar surface area (TPSA) is 227 Å². The molecule has 2 saturated heterocycles. The van der Waals surface area contributed by atoms with Crippen LogP contribution in [0.5, 0.6) is 0 Å². The lowest BCUT2D eigenvalue weighted by molar-refractivity contribution is -0.155. The molecule has 0 spiro atoms. The molecule has 3 atom stereocenters. The number of β-lactam (4-membered cyclic amide) rings is 1. The highest BCUT2D eigenvalue weighted by molar-refractivity contribution is 8.01. The number of aromatic nitrogens is 4. The first kappa shape index (κ1) is 46.3. The lowest BCUT2D eigenvalue weighted by Crippen LogP contribution is -2.71. The molecule has 7 amide bonds. The summed E-state index contributed by atoms with van der Waals surface area (Å²) < 4.78 is 13.1. The molecule has 0 radical (unpaired) electrons. The van der Waals surface area contributed by atoms with Crippen LogP contribution in [-0.4, -0.2) is 125 Å². The number of ether oxygens (including phenoxy) is 2. The van der Waals surface area contributed by atoms with Crippen LogP contribution < -0.4 is 16.0 Å². The van der Waals surface area contributed by atoms with Crippen LogP contribution in [0.1, 0.15) is 62.1 Å². The zero-order valence-electron chi connectivity index (χ0n) is 36.3. The fourth-order valence-electron chi connectivity index (χ4n) is 7.25. The average Bonchev–Trinajstić information content (AvgIpc) is 3.72. The number of rotatable bonds is 14. The molecule has 3 N–H and O–H groups in total. The first-order chi connectivity index (χ1) is 31.1. The number of likely N-dealkylation sites (N-methyl/N-ethyl adjacent to an activating group) is 1. The third-order valence-corrected chi connectivity index (χ3v) is 13.0. The lowest BCUT2D eigenvalue weighted by Gasteiger charge is -2.50. The van der Waals surface area contributed by atoms with Crippen LogP contribution in [0.15, 0.2) is 101 Å². The maximum absolute atomic E-state index is 14.5. The van der Waals surface area contributed by atoms with Crippen molar-refractivity contribution in [2.24, 2.45) is 7.05 Å². The number of hydrogen-bond donors (Lipinski definition) is 3. The lowest BCUT2D eigenvalue weighted by atomic mass is 9.99. The molecule has 19 nitrogen and oxygen atoms in total. The van der Waals surface area contributed by atoms with E-state index in [0.29, 0.717) is 27.4 Å². The predicted molar refractivity (Wildman–Crippen MR) is 237 cm³/mol. The van der Waals surface area contributed by atoms with Gasteiger partial charge in [-0.1, -0.05) is 96.7 Å². The number of nitrogens with zero attached hydrogens (tertiary/aromatic N) is 7. The first-order valence-electron chi connectivity index (χ1n) is 20.7. The van der Waals surface area contributed by atoms with Gasteiger partial charge in [-0.05, 0) is 65.9 Å². The third kappa shape index (κ3) is 10.6. The van der Waals surface area contributed by atoms with Crippen LogP contribution in [-0.2, 0) is 47.0 Å². The van der Waals surface area contributed by atoms with Gasteiger partial charge in [0.25, 0.3) is 5.91 Å². The Morgan fingerprint density at radius 2 is 1.55 bits per heavy atom. The van der Waals surface area contributed by atoms with Crippen molar-refractivity contribution in [3.05, 3.63) is 118 Å². The Balaban J connectivity index is 1.14. The van der Waals surface area contributed by atoms with Crippen molar-refractivity contribution >= 4 is 65.2 Å². The fraction of sp³-hybridized carbons (Fsp3) is 0.364. The van der Waals surface area contributed by atoms with Crippen LogP contribution in [0.3, 0.4) is 0 Å². The van der Waals surface area contributed by atoms with Crippen molar-refractivity contribution in [3.8, 4) is 0 Å². The quantitative estimate of drug-likeness (QED) is 0.0713. The molecule has 3 aromatic carbocycles. The van der Waals surface area contributed by atoms with Gasteiger partial charge in [-0.15, -0.1) is 16.9 Å². The maximum atomic E-state index is 14.5. The van der Waals surface area contributed by atoms with E-state index in [1.165, 1.54) is 38.0 Å². The van der Waals surface area contributed by atoms with Gasteiger partial charge >= 0.3 is 29.9 Å². The van der Waals surface area contributed by atoms with Crippen molar-refractivity contribution in [2.75, 3.05) is 31.1 Å². The number of carbonyl (C=O) groups excluding carboxylic acids is 7. The predicted octanol–water partition coefficient (Wildman–Crippen LogP) is 3.46. The van der Waals surface area contributed by atoms with Gasteiger partial charge in [0, 0.05) is 44.7 Å². The van der Waals surface area contributed by atoms with Gasteiger partial charge in [0.05, 0.1) is 0 Å². The third-order valence-electron chi connectivity index (χ3n) is 10.5. The molecule has 4 aromatic rings. The fourth-order valence-corrected chi connectivity index (χ4v) is 9.58. The van der Waals surface area contributed by atoms with E-state index in [0.717, 1.165) is 4.90 Å². The maximum Gasteiger partial charge on any atom is 0.407 e. The molecule has 340 valence electrons. The molecule has 2 fully saturated rings. The Labute approximate surface area is 383 Å². The Kier molecular flexibility index (Phi) is 14.2. The van der Waals surface area contributed by atoms with Crippen LogP contribution in [0.2, 0.25) is 0 Å². The largest absolute Gasteiger partial charge is 0.448 e. The van der Waals surface area contributed by atoms with E-state index in [9.17, 15) is 33.6 Å². The van der Waals surface area contributed by atoms with E-state index < -0.39 is 70.9 Å². The molecule has 7 rings (SSSR count). The number of hydrogen-bond acceptors (Lipinski definition) is 14. The van der Waals surface area contributed by atoms with Crippen molar-refractivity contribution < 1.29 is 43.0 Å². The molecular weight excluding hydrogens is 877 g/mol. The van der Waals surface area contributed by atoms with Gasteiger partial charge in [0.2, 0.25) is 11.1 Å². The van der Waals surface area contributed by atoms with Gasteiger partial charge in [-0.3, -0.25) is 29.0 Å². The number of fused-ring (bicyclic) bond motifs is 1. The SMILES string of the molecule is CCN1CCN(C(=O)N[C@@H](C(=O)N[C@@H]2C(=O)N3C(C(=O)OC(c4ccccc4)c4ccccc4)=C(CSc4nnnn4C)CS[C@@H]23)c2ccc(CNC(=O)OC(C)(C)C)cc2)C(=O)C1=O. The number of carbonyl (C=O) groups is 7. The molecule has 0 unspecified atom stereocenters. The molecule has 0 saturated carbocycles. The number of amides is 7. The summed E-state index contributed by atoms with van der Waals surface area (Å²) in [6.45, 7) is 7.32. The van der Waals surface area contributed by atoms with E-state index in [1.54, 1.807) is 59.0 Å². The standard InChI is InChI=1S/C44H48N10O9S2/c1-6-52-21-22-53(38(58)37(52)57)41(60)47-31(27-19-17-26(18-20-27)23-45-43(61)63-44(2,3)4)35(55)46-32-36(56)54-33(30(24-64-39(32)54)25-65-42-48-49-50-51(42)5)40(59)62-34(28-13-9-7-10-14-28)29-15-11-8-12-16-29/h7-20,31-32,34,39H,6,21-25H2,1-5H3,(H,45,61)(H,46,55)(H,47,60)/t31-,32-,39+/m1/s1. The summed E-state index contributed by atoms with van der Waals surface area (Å²) in [4.78, 5) is 98.3. The summed E-state index contributed by atoms with van der Waals surface area (Å²) in [5, 5.41) is 19.4. The summed E-state index contributed by atoms with van der Waals surface area (Å²) in [6, 6.07) is 21.3. The normalized spacial score (nSPS) is 17.9. The zero-order chi connectivity index (χ0) is 46.4. The average molecular weight is 925 g/mol. The van der Waals surface area contributed by atoms with Crippen molar-refractivity contribution in [1.29, 1.82) is 0 Å². The monoisotopic (exact) mass is 924 g/mol. The molecule has 65 heavy (non-hydrogen) atoms. The number of esters is 1. The molecular formula is C44H48N10O9S2. The number of alkyl carbamates (subject to hydrolysis) is 1. The molecule has 0 bridgehead atoms. The van der Waals surface area contributed by atoms with E-state index >= 15 is 0 Å². The Morgan fingerprint density at radius 3 is 2.15 bits per heavy atom. The molecule has 1 aromatic heterocycles.